The predicted octanol–water partition coefficient (Wildman–Crippen LogP) is 2.70. The predicted molar refractivity (Wildman–Crippen MR) is 69.8 cm³/mol. The summed E-state index contributed by atoms with van der Waals surface area (Å²) in [4.78, 5) is 13.9. The van der Waals surface area contributed by atoms with Crippen molar-refractivity contribution in [2.24, 2.45) is 11.8 Å². The lowest BCUT2D eigenvalue weighted by Crippen LogP contribution is -2.37. The van der Waals surface area contributed by atoms with E-state index in [0.717, 1.165) is 25.3 Å². The summed E-state index contributed by atoms with van der Waals surface area (Å²) >= 11 is 0. The second-order valence-electron chi connectivity index (χ2n) is 5.42. The van der Waals surface area contributed by atoms with Crippen molar-refractivity contribution in [2.45, 2.75) is 52.5 Å². The summed E-state index contributed by atoms with van der Waals surface area (Å²) in [6.07, 6.45) is 4.35. The molecule has 1 aliphatic carbocycles. The number of carbonyl (C=O) groups excluding carboxylic acids is 1. The molecule has 1 saturated carbocycles. The van der Waals surface area contributed by atoms with Gasteiger partial charge in [0.25, 0.3) is 0 Å². The number of carbonyl (C=O) groups is 1. The van der Waals surface area contributed by atoms with Crippen LogP contribution in [0, 0.1) is 11.8 Å². The van der Waals surface area contributed by atoms with Crippen LogP contribution >= 0.6 is 0 Å². The van der Waals surface area contributed by atoms with Gasteiger partial charge in [-0.25, -0.2) is 0 Å². The molecule has 0 N–H and O–H groups in total. The molecule has 0 saturated heterocycles. The number of rotatable bonds is 5. The van der Waals surface area contributed by atoms with E-state index in [1.807, 2.05) is 0 Å². The van der Waals surface area contributed by atoms with Crippen molar-refractivity contribution in [3.8, 4) is 0 Å². The number of hydrogen-bond acceptors (Lipinski definition) is 3. The van der Waals surface area contributed by atoms with Crippen LogP contribution in [0.4, 0.5) is 0 Å². The molecule has 3 nitrogen and oxygen atoms in total. The van der Waals surface area contributed by atoms with Crippen molar-refractivity contribution in [3.63, 3.8) is 0 Å². The summed E-state index contributed by atoms with van der Waals surface area (Å²) in [5.41, 5.74) is 0. The number of hydrogen-bond donors (Lipinski definition) is 0. The van der Waals surface area contributed by atoms with Gasteiger partial charge in [-0.05, 0) is 52.0 Å². The van der Waals surface area contributed by atoms with E-state index in [0.29, 0.717) is 6.04 Å². The minimum Gasteiger partial charge on any atom is -0.469 e. The third-order valence-corrected chi connectivity index (χ3v) is 4.01. The number of nitrogens with zero attached hydrogens (tertiary/aromatic N) is 1. The zero-order chi connectivity index (χ0) is 12.8. The van der Waals surface area contributed by atoms with E-state index in [2.05, 4.69) is 25.7 Å². The highest BCUT2D eigenvalue weighted by Crippen LogP contribution is 2.30. The van der Waals surface area contributed by atoms with Crippen molar-refractivity contribution >= 4 is 5.97 Å². The van der Waals surface area contributed by atoms with E-state index in [9.17, 15) is 4.79 Å². The van der Waals surface area contributed by atoms with Crippen molar-refractivity contribution in [2.75, 3.05) is 20.2 Å². The fourth-order valence-electron chi connectivity index (χ4n) is 2.78. The maximum Gasteiger partial charge on any atom is 0.308 e. The first-order valence-corrected chi connectivity index (χ1v) is 6.90. The first-order chi connectivity index (χ1) is 8.08. The first-order valence-electron chi connectivity index (χ1n) is 6.90. The van der Waals surface area contributed by atoms with Gasteiger partial charge in [-0.15, -0.1) is 0 Å². The number of ether oxygens (including phenoxy) is 1. The zero-order valence-electron chi connectivity index (χ0n) is 11.7. The van der Waals surface area contributed by atoms with Crippen LogP contribution in [0.2, 0.25) is 0 Å². The molecule has 1 fully saturated rings. The standard InChI is InChI=1S/C14H27NO2/c1-5-15(11(2)3)10-12-6-8-13(9-7-12)14(16)17-4/h11-13H,5-10H2,1-4H3/t12-,13-. The average molecular weight is 241 g/mol. The van der Waals surface area contributed by atoms with Gasteiger partial charge in [0, 0.05) is 12.6 Å². The third kappa shape index (κ3) is 4.30. The minimum atomic E-state index is -0.0142. The van der Waals surface area contributed by atoms with E-state index in [-0.39, 0.29) is 11.9 Å². The fraction of sp³-hybridized carbons (Fsp3) is 0.929. The second-order valence-corrected chi connectivity index (χ2v) is 5.42. The largest absolute Gasteiger partial charge is 0.469 e. The van der Waals surface area contributed by atoms with Crippen LogP contribution in [0.15, 0.2) is 0 Å². The second kappa shape index (κ2) is 7.00. The number of methoxy groups -OCH3 is 1. The molecule has 0 amide bonds. The lowest BCUT2D eigenvalue weighted by Gasteiger charge is -2.33. The fourth-order valence-corrected chi connectivity index (χ4v) is 2.78. The molecule has 0 aromatic rings. The van der Waals surface area contributed by atoms with E-state index < -0.39 is 0 Å². The Labute approximate surface area is 106 Å². The summed E-state index contributed by atoms with van der Waals surface area (Å²) in [7, 11) is 1.49. The lowest BCUT2D eigenvalue weighted by molar-refractivity contribution is -0.146. The van der Waals surface area contributed by atoms with Crippen LogP contribution in [-0.4, -0.2) is 37.1 Å². The highest BCUT2D eigenvalue weighted by molar-refractivity contribution is 5.72. The van der Waals surface area contributed by atoms with Gasteiger partial charge in [-0.3, -0.25) is 4.79 Å². The van der Waals surface area contributed by atoms with Gasteiger partial charge < -0.3 is 9.64 Å². The molecule has 0 aliphatic heterocycles. The Balaban J connectivity index is 2.34. The van der Waals surface area contributed by atoms with E-state index in [1.165, 1.54) is 26.5 Å². The molecular weight excluding hydrogens is 214 g/mol. The maximum absolute atomic E-state index is 11.4. The van der Waals surface area contributed by atoms with E-state index >= 15 is 0 Å². The highest BCUT2D eigenvalue weighted by Gasteiger charge is 2.27. The molecule has 0 aromatic heterocycles. The van der Waals surface area contributed by atoms with Crippen LogP contribution in [0.3, 0.4) is 0 Å². The average Bonchev–Trinajstić information content (AvgIpc) is 2.35. The van der Waals surface area contributed by atoms with Gasteiger partial charge in [0.05, 0.1) is 13.0 Å². The molecule has 17 heavy (non-hydrogen) atoms. The van der Waals surface area contributed by atoms with Gasteiger partial charge in [-0.2, -0.15) is 0 Å². The van der Waals surface area contributed by atoms with E-state index in [4.69, 9.17) is 4.74 Å². The molecule has 100 valence electrons. The monoisotopic (exact) mass is 241 g/mol. The Kier molecular flexibility index (Phi) is 5.96. The maximum atomic E-state index is 11.4. The molecule has 1 aliphatic rings. The van der Waals surface area contributed by atoms with Crippen LogP contribution in [0.5, 0.6) is 0 Å². The van der Waals surface area contributed by atoms with Gasteiger partial charge >= 0.3 is 5.97 Å². The molecule has 0 atom stereocenters. The Morgan fingerprint density at radius 2 is 1.88 bits per heavy atom. The normalized spacial score (nSPS) is 25.3. The summed E-state index contributed by atoms with van der Waals surface area (Å²) in [6.45, 7) is 9.03. The Morgan fingerprint density at radius 3 is 2.29 bits per heavy atom. The Bertz CT molecular complexity index is 232. The van der Waals surface area contributed by atoms with Crippen LogP contribution < -0.4 is 0 Å². The lowest BCUT2D eigenvalue weighted by atomic mass is 9.81. The first kappa shape index (κ1) is 14.5. The molecule has 0 aromatic carbocycles. The molecule has 0 unspecified atom stereocenters. The highest BCUT2D eigenvalue weighted by atomic mass is 16.5. The van der Waals surface area contributed by atoms with Gasteiger partial charge in [0.1, 0.15) is 0 Å². The van der Waals surface area contributed by atoms with Crippen molar-refractivity contribution in [1.82, 2.24) is 4.90 Å². The van der Waals surface area contributed by atoms with Crippen LogP contribution in [0.1, 0.15) is 46.5 Å². The summed E-state index contributed by atoms with van der Waals surface area (Å²) in [5.74, 6) is 0.906. The third-order valence-electron chi connectivity index (χ3n) is 4.01. The SMILES string of the molecule is CCN(C[C@H]1CC[C@H](C(=O)OC)CC1)C(C)C. The molecule has 0 heterocycles. The van der Waals surface area contributed by atoms with Gasteiger partial charge in [0.2, 0.25) is 0 Å². The summed E-state index contributed by atoms with van der Waals surface area (Å²) in [6, 6.07) is 0.623. The Morgan fingerprint density at radius 1 is 1.29 bits per heavy atom. The van der Waals surface area contributed by atoms with E-state index in [1.54, 1.807) is 0 Å². The van der Waals surface area contributed by atoms with Crippen LogP contribution in [0.25, 0.3) is 0 Å². The molecule has 0 radical (unpaired) electrons. The van der Waals surface area contributed by atoms with Gasteiger partial charge in [-0.1, -0.05) is 6.92 Å². The zero-order valence-corrected chi connectivity index (χ0v) is 11.7. The Hall–Kier alpha value is -0.570. The number of esters is 1. The smallest absolute Gasteiger partial charge is 0.308 e. The van der Waals surface area contributed by atoms with Crippen LogP contribution in [-0.2, 0) is 9.53 Å². The van der Waals surface area contributed by atoms with Crippen molar-refractivity contribution in [1.29, 1.82) is 0 Å². The quantitative estimate of drug-likeness (QED) is 0.693. The summed E-state index contributed by atoms with van der Waals surface area (Å²) < 4.78 is 4.82. The molecule has 0 bridgehead atoms. The molecule has 1 rings (SSSR count). The molecular formula is C14H27NO2. The van der Waals surface area contributed by atoms with Crippen molar-refractivity contribution < 1.29 is 9.53 Å². The molecule has 3 heteroatoms. The van der Waals surface area contributed by atoms with Gasteiger partial charge in [0.15, 0.2) is 0 Å². The topological polar surface area (TPSA) is 29.5 Å². The molecule has 0 spiro atoms. The summed E-state index contributed by atoms with van der Waals surface area (Å²) in [5, 5.41) is 0. The van der Waals surface area contributed by atoms with Crippen molar-refractivity contribution in [3.05, 3.63) is 0 Å². The minimum absolute atomic E-state index is 0.0142.